The van der Waals surface area contributed by atoms with Gasteiger partial charge >= 0.3 is 0 Å². The Balaban J connectivity index is 2.44. The fourth-order valence-electron chi connectivity index (χ4n) is 2.03. The third kappa shape index (κ3) is 2.50. The lowest BCUT2D eigenvalue weighted by Crippen LogP contribution is -2.19. The molecule has 0 fully saturated rings. The largest absolute Gasteiger partial charge is 0.309 e. The van der Waals surface area contributed by atoms with E-state index in [9.17, 15) is 0 Å². The molecule has 0 bridgehead atoms. The van der Waals surface area contributed by atoms with Crippen LogP contribution in [0.1, 0.15) is 28.4 Å². The minimum absolute atomic E-state index is 0.172. The van der Waals surface area contributed by atoms with Gasteiger partial charge in [-0.25, -0.2) is 0 Å². The second kappa shape index (κ2) is 5.06. The number of rotatable bonds is 3. The van der Waals surface area contributed by atoms with E-state index in [1.54, 1.807) is 0 Å². The SMILES string of the molecule is CNC(c1ccnc(C)c1)c1cnccc1C. The van der Waals surface area contributed by atoms with Crippen LogP contribution in [0.5, 0.6) is 0 Å². The van der Waals surface area contributed by atoms with Crippen molar-refractivity contribution in [2.45, 2.75) is 19.9 Å². The Labute approximate surface area is 102 Å². The van der Waals surface area contributed by atoms with Crippen LogP contribution in [0, 0.1) is 13.8 Å². The molecular weight excluding hydrogens is 210 g/mol. The number of aryl methyl sites for hydroxylation is 2. The summed E-state index contributed by atoms with van der Waals surface area (Å²) in [5.74, 6) is 0. The van der Waals surface area contributed by atoms with Crippen LogP contribution in [0.2, 0.25) is 0 Å². The Kier molecular flexibility index (Phi) is 3.49. The van der Waals surface area contributed by atoms with Crippen LogP contribution in [0.15, 0.2) is 36.8 Å². The molecule has 2 rings (SSSR count). The average Bonchev–Trinajstić information content (AvgIpc) is 2.33. The molecule has 2 aromatic heterocycles. The molecule has 3 heteroatoms. The quantitative estimate of drug-likeness (QED) is 0.875. The van der Waals surface area contributed by atoms with Crippen LogP contribution in [0.4, 0.5) is 0 Å². The van der Waals surface area contributed by atoms with Crippen molar-refractivity contribution in [1.82, 2.24) is 15.3 Å². The van der Waals surface area contributed by atoms with Gasteiger partial charge in [0.05, 0.1) is 6.04 Å². The number of aromatic nitrogens is 2. The van der Waals surface area contributed by atoms with Gasteiger partial charge < -0.3 is 5.32 Å². The number of hydrogen-bond acceptors (Lipinski definition) is 3. The topological polar surface area (TPSA) is 37.8 Å². The average molecular weight is 227 g/mol. The molecule has 1 unspecified atom stereocenters. The van der Waals surface area contributed by atoms with Crippen LogP contribution >= 0.6 is 0 Å². The van der Waals surface area contributed by atoms with Gasteiger partial charge in [-0.15, -0.1) is 0 Å². The molecule has 2 heterocycles. The van der Waals surface area contributed by atoms with Gasteiger partial charge in [0.2, 0.25) is 0 Å². The van der Waals surface area contributed by atoms with E-state index in [-0.39, 0.29) is 6.04 Å². The van der Waals surface area contributed by atoms with Crippen LogP contribution in [-0.2, 0) is 0 Å². The summed E-state index contributed by atoms with van der Waals surface area (Å²) in [6, 6.07) is 6.35. The Bertz CT molecular complexity index is 508. The molecule has 17 heavy (non-hydrogen) atoms. The highest BCUT2D eigenvalue weighted by Crippen LogP contribution is 2.23. The molecule has 88 valence electrons. The lowest BCUT2D eigenvalue weighted by Gasteiger charge is -2.19. The zero-order chi connectivity index (χ0) is 12.3. The van der Waals surface area contributed by atoms with Gasteiger partial charge in [0.15, 0.2) is 0 Å². The fourth-order valence-corrected chi connectivity index (χ4v) is 2.03. The highest BCUT2D eigenvalue weighted by Gasteiger charge is 2.14. The van der Waals surface area contributed by atoms with Crippen LogP contribution in [0.25, 0.3) is 0 Å². The van der Waals surface area contributed by atoms with Gasteiger partial charge in [0.1, 0.15) is 0 Å². The Morgan fingerprint density at radius 2 is 2.00 bits per heavy atom. The summed E-state index contributed by atoms with van der Waals surface area (Å²) >= 11 is 0. The van der Waals surface area contributed by atoms with E-state index in [0.717, 1.165) is 5.69 Å². The number of nitrogens with zero attached hydrogens (tertiary/aromatic N) is 2. The van der Waals surface area contributed by atoms with E-state index < -0.39 is 0 Å². The van der Waals surface area contributed by atoms with Crippen molar-refractivity contribution in [3.05, 3.63) is 59.2 Å². The summed E-state index contributed by atoms with van der Waals surface area (Å²) in [6.07, 6.45) is 5.59. The maximum atomic E-state index is 4.23. The van der Waals surface area contributed by atoms with E-state index in [1.807, 2.05) is 44.7 Å². The minimum atomic E-state index is 0.172. The van der Waals surface area contributed by atoms with Gasteiger partial charge in [-0.05, 0) is 55.8 Å². The zero-order valence-corrected chi connectivity index (χ0v) is 10.4. The fraction of sp³-hybridized carbons (Fsp3) is 0.286. The van der Waals surface area contributed by atoms with Crippen molar-refractivity contribution in [2.24, 2.45) is 0 Å². The van der Waals surface area contributed by atoms with Gasteiger partial charge in [-0.2, -0.15) is 0 Å². The number of nitrogens with one attached hydrogen (secondary N) is 1. The highest BCUT2D eigenvalue weighted by atomic mass is 14.9. The smallest absolute Gasteiger partial charge is 0.0593 e. The maximum Gasteiger partial charge on any atom is 0.0593 e. The first kappa shape index (κ1) is 11.7. The molecule has 2 aromatic rings. The molecule has 1 N–H and O–H groups in total. The second-order valence-electron chi connectivity index (χ2n) is 4.18. The van der Waals surface area contributed by atoms with E-state index in [0.29, 0.717) is 0 Å². The number of pyridine rings is 2. The van der Waals surface area contributed by atoms with Crippen molar-refractivity contribution in [3.63, 3.8) is 0 Å². The molecule has 0 aliphatic carbocycles. The molecule has 1 atom stereocenters. The molecule has 0 spiro atoms. The Hall–Kier alpha value is -1.74. The molecule has 0 aromatic carbocycles. The van der Waals surface area contributed by atoms with Gasteiger partial charge in [-0.1, -0.05) is 0 Å². The summed E-state index contributed by atoms with van der Waals surface area (Å²) in [4.78, 5) is 8.44. The summed E-state index contributed by atoms with van der Waals surface area (Å²) in [5.41, 5.74) is 4.70. The number of hydrogen-bond donors (Lipinski definition) is 1. The molecule has 0 saturated carbocycles. The molecular formula is C14H17N3. The Morgan fingerprint density at radius 1 is 1.18 bits per heavy atom. The summed E-state index contributed by atoms with van der Waals surface area (Å²) in [6.45, 7) is 4.11. The zero-order valence-electron chi connectivity index (χ0n) is 10.4. The standard InChI is InChI=1S/C14H17N3/c1-10-4-6-16-9-13(10)14(15-3)12-5-7-17-11(2)8-12/h4-9,14-15H,1-3H3. The first-order valence-corrected chi connectivity index (χ1v) is 5.72. The lowest BCUT2D eigenvalue weighted by molar-refractivity contribution is 0.682. The monoisotopic (exact) mass is 227 g/mol. The van der Waals surface area contributed by atoms with Crippen molar-refractivity contribution >= 4 is 0 Å². The van der Waals surface area contributed by atoms with Crippen LogP contribution in [-0.4, -0.2) is 17.0 Å². The van der Waals surface area contributed by atoms with Gasteiger partial charge in [0, 0.05) is 24.3 Å². The first-order chi connectivity index (χ1) is 8.22. The highest BCUT2D eigenvalue weighted by molar-refractivity contribution is 5.34. The van der Waals surface area contributed by atoms with Crippen molar-refractivity contribution in [2.75, 3.05) is 7.05 Å². The first-order valence-electron chi connectivity index (χ1n) is 5.72. The summed E-state index contributed by atoms with van der Waals surface area (Å²) < 4.78 is 0. The van der Waals surface area contributed by atoms with Crippen molar-refractivity contribution < 1.29 is 0 Å². The molecule has 3 nitrogen and oxygen atoms in total. The molecule has 0 amide bonds. The van der Waals surface area contributed by atoms with Crippen LogP contribution < -0.4 is 5.32 Å². The minimum Gasteiger partial charge on any atom is -0.309 e. The summed E-state index contributed by atoms with van der Waals surface area (Å²) in [7, 11) is 1.97. The third-order valence-corrected chi connectivity index (χ3v) is 2.93. The molecule has 0 saturated heterocycles. The lowest BCUT2D eigenvalue weighted by atomic mass is 9.97. The van der Waals surface area contributed by atoms with Crippen molar-refractivity contribution in [3.8, 4) is 0 Å². The molecule has 0 radical (unpaired) electrons. The molecule has 0 aliphatic rings. The van der Waals surface area contributed by atoms with E-state index in [1.165, 1.54) is 16.7 Å². The van der Waals surface area contributed by atoms with Crippen LogP contribution in [0.3, 0.4) is 0 Å². The third-order valence-electron chi connectivity index (χ3n) is 2.93. The summed E-state index contributed by atoms with van der Waals surface area (Å²) in [5, 5.41) is 3.33. The van der Waals surface area contributed by atoms with E-state index >= 15 is 0 Å². The molecule has 0 aliphatic heterocycles. The normalized spacial score (nSPS) is 12.4. The second-order valence-corrected chi connectivity index (χ2v) is 4.18. The van der Waals surface area contributed by atoms with Gasteiger partial charge in [0.25, 0.3) is 0 Å². The van der Waals surface area contributed by atoms with Gasteiger partial charge in [-0.3, -0.25) is 9.97 Å². The predicted molar refractivity (Wildman–Crippen MR) is 68.9 cm³/mol. The predicted octanol–water partition coefficient (Wildman–Crippen LogP) is 2.40. The maximum absolute atomic E-state index is 4.23. The Morgan fingerprint density at radius 3 is 2.65 bits per heavy atom. The van der Waals surface area contributed by atoms with E-state index in [2.05, 4.69) is 28.3 Å². The van der Waals surface area contributed by atoms with Crippen molar-refractivity contribution in [1.29, 1.82) is 0 Å². The van der Waals surface area contributed by atoms with E-state index in [4.69, 9.17) is 0 Å².